The number of anilines is 2. The van der Waals surface area contributed by atoms with Crippen LogP contribution in [0.4, 0.5) is 15.8 Å². The second-order valence-corrected chi connectivity index (χ2v) is 4.74. The largest absolute Gasteiger partial charge is 0.380 e. The van der Waals surface area contributed by atoms with Gasteiger partial charge in [-0.2, -0.15) is 0 Å². The first kappa shape index (κ1) is 13.8. The minimum Gasteiger partial charge on any atom is -0.380 e. The number of aryl methyl sites for hydroxylation is 1. The number of fused-ring (bicyclic) bond motifs is 1. The van der Waals surface area contributed by atoms with Gasteiger partial charge in [-0.25, -0.2) is 4.39 Å². The van der Waals surface area contributed by atoms with Crippen molar-refractivity contribution < 1.29 is 13.9 Å². The van der Waals surface area contributed by atoms with Gasteiger partial charge in [0.15, 0.2) is 0 Å². The van der Waals surface area contributed by atoms with Crippen LogP contribution in [-0.2, 0) is 16.0 Å². The number of halogens is 1. The molecule has 1 amide bonds. The van der Waals surface area contributed by atoms with Gasteiger partial charge in [0.1, 0.15) is 5.82 Å². The number of benzene rings is 1. The molecule has 0 bridgehead atoms. The van der Waals surface area contributed by atoms with Crippen LogP contribution >= 0.6 is 0 Å². The summed E-state index contributed by atoms with van der Waals surface area (Å²) in [6, 6.07) is 3.15. The fraction of sp³-hybridized carbons (Fsp3) is 0.500. The molecule has 0 aromatic heterocycles. The average molecular weight is 266 g/mol. The van der Waals surface area contributed by atoms with Gasteiger partial charge < -0.3 is 15.4 Å². The summed E-state index contributed by atoms with van der Waals surface area (Å²) in [5.74, 6) is -0.314. The highest BCUT2D eigenvalue weighted by Gasteiger charge is 2.18. The third kappa shape index (κ3) is 3.44. The van der Waals surface area contributed by atoms with Crippen LogP contribution in [0.1, 0.15) is 25.8 Å². The van der Waals surface area contributed by atoms with Gasteiger partial charge >= 0.3 is 0 Å². The van der Waals surface area contributed by atoms with Crippen LogP contribution in [0.25, 0.3) is 0 Å². The third-order valence-corrected chi connectivity index (χ3v) is 3.06. The molecule has 4 nitrogen and oxygen atoms in total. The predicted molar refractivity (Wildman–Crippen MR) is 72.9 cm³/mol. The second-order valence-electron chi connectivity index (χ2n) is 4.74. The molecule has 0 saturated carbocycles. The highest BCUT2D eigenvalue weighted by Crippen LogP contribution is 2.28. The van der Waals surface area contributed by atoms with Crippen LogP contribution in [0.2, 0.25) is 0 Å². The predicted octanol–water partition coefficient (Wildman–Crippen LogP) is 2.55. The van der Waals surface area contributed by atoms with E-state index < -0.39 is 0 Å². The molecule has 0 spiro atoms. The summed E-state index contributed by atoms with van der Waals surface area (Å²) in [7, 11) is 0. The van der Waals surface area contributed by atoms with Crippen LogP contribution in [-0.4, -0.2) is 25.2 Å². The molecule has 0 radical (unpaired) electrons. The summed E-state index contributed by atoms with van der Waals surface area (Å²) in [5.41, 5.74) is 1.94. The van der Waals surface area contributed by atoms with Gasteiger partial charge in [0, 0.05) is 24.8 Å². The highest BCUT2D eigenvalue weighted by molar-refractivity contribution is 5.94. The number of nitrogens with one attached hydrogen (secondary N) is 2. The van der Waals surface area contributed by atoms with E-state index in [4.69, 9.17) is 4.74 Å². The molecule has 2 N–H and O–H groups in total. The van der Waals surface area contributed by atoms with Crippen molar-refractivity contribution in [2.45, 2.75) is 32.7 Å². The van der Waals surface area contributed by atoms with Crippen molar-refractivity contribution in [3.63, 3.8) is 0 Å². The van der Waals surface area contributed by atoms with Crippen LogP contribution in [0.15, 0.2) is 12.1 Å². The summed E-state index contributed by atoms with van der Waals surface area (Å²) in [6.07, 6.45) is 1.01. The molecule has 1 aromatic carbocycles. The molecule has 1 aromatic rings. The number of rotatable bonds is 5. The fourth-order valence-corrected chi connectivity index (χ4v) is 2.11. The van der Waals surface area contributed by atoms with Crippen molar-refractivity contribution in [2.75, 3.05) is 23.8 Å². The standard InChI is InChI=1S/C14H19FN2O2/c1-3-19-8-9(2)16-13-7-12-10(6-11(13)15)4-5-14(18)17-12/h6-7,9,16H,3-5,8H2,1-2H3,(H,17,18). The lowest BCUT2D eigenvalue weighted by atomic mass is 10.0. The van der Waals surface area contributed by atoms with Gasteiger partial charge in [-0.05, 0) is 38.0 Å². The van der Waals surface area contributed by atoms with Crippen molar-refractivity contribution in [1.29, 1.82) is 0 Å². The first-order valence-corrected chi connectivity index (χ1v) is 6.56. The first-order chi connectivity index (χ1) is 9.10. The van der Waals surface area contributed by atoms with Gasteiger partial charge in [-0.15, -0.1) is 0 Å². The lowest BCUT2D eigenvalue weighted by Crippen LogP contribution is -2.23. The Morgan fingerprint density at radius 2 is 2.26 bits per heavy atom. The normalized spacial score (nSPS) is 15.6. The summed E-state index contributed by atoms with van der Waals surface area (Å²) >= 11 is 0. The molecular formula is C14H19FN2O2. The highest BCUT2D eigenvalue weighted by atomic mass is 19.1. The van der Waals surface area contributed by atoms with Gasteiger partial charge in [0.2, 0.25) is 5.91 Å². The Hall–Kier alpha value is -1.62. The number of amides is 1. The van der Waals surface area contributed by atoms with E-state index in [-0.39, 0.29) is 17.8 Å². The van der Waals surface area contributed by atoms with Crippen molar-refractivity contribution >= 4 is 17.3 Å². The molecule has 19 heavy (non-hydrogen) atoms. The second kappa shape index (κ2) is 6.02. The maximum Gasteiger partial charge on any atom is 0.224 e. The van der Waals surface area contributed by atoms with E-state index in [1.807, 2.05) is 13.8 Å². The Kier molecular flexibility index (Phi) is 4.37. The summed E-state index contributed by atoms with van der Waals surface area (Å²) in [5, 5.41) is 5.83. The zero-order valence-corrected chi connectivity index (χ0v) is 11.3. The summed E-state index contributed by atoms with van der Waals surface area (Å²) in [6.45, 7) is 4.99. The van der Waals surface area contributed by atoms with Crippen molar-refractivity contribution in [3.8, 4) is 0 Å². The van der Waals surface area contributed by atoms with E-state index in [1.54, 1.807) is 6.07 Å². The smallest absolute Gasteiger partial charge is 0.224 e. The Morgan fingerprint density at radius 3 is 3.00 bits per heavy atom. The molecule has 1 heterocycles. The minimum absolute atomic E-state index is 0.00629. The molecule has 0 saturated heterocycles. The van der Waals surface area contributed by atoms with Gasteiger partial charge in [0.05, 0.1) is 12.3 Å². The summed E-state index contributed by atoms with van der Waals surface area (Å²) in [4.78, 5) is 11.3. The van der Waals surface area contributed by atoms with E-state index in [0.29, 0.717) is 37.4 Å². The maximum absolute atomic E-state index is 13.9. The Morgan fingerprint density at radius 1 is 1.47 bits per heavy atom. The van der Waals surface area contributed by atoms with E-state index in [2.05, 4.69) is 10.6 Å². The molecule has 1 aliphatic rings. The van der Waals surface area contributed by atoms with Crippen molar-refractivity contribution in [3.05, 3.63) is 23.5 Å². The summed E-state index contributed by atoms with van der Waals surface area (Å²) < 4.78 is 19.2. The number of carbonyl (C=O) groups is 1. The lowest BCUT2D eigenvalue weighted by Gasteiger charge is -2.21. The molecule has 104 valence electrons. The zero-order valence-electron chi connectivity index (χ0n) is 11.3. The number of ether oxygens (including phenoxy) is 1. The molecule has 1 atom stereocenters. The third-order valence-electron chi connectivity index (χ3n) is 3.06. The number of hydrogen-bond acceptors (Lipinski definition) is 3. The first-order valence-electron chi connectivity index (χ1n) is 6.56. The van der Waals surface area contributed by atoms with Crippen molar-refractivity contribution in [1.82, 2.24) is 0 Å². The van der Waals surface area contributed by atoms with Crippen molar-refractivity contribution in [2.24, 2.45) is 0 Å². The number of carbonyl (C=O) groups excluding carboxylic acids is 1. The molecule has 1 aliphatic heterocycles. The van der Waals surface area contributed by atoms with Crippen LogP contribution in [0.3, 0.4) is 0 Å². The number of hydrogen-bond donors (Lipinski definition) is 2. The van der Waals surface area contributed by atoms with E-state index >= 15 is 0 Å². The quantitative estimate of drug-likeness (QED) is 0.861. The van der Waals surface area contributed by atoms with Crippen LogP contribution < -0.4 is 10.6 Å². The van der Waals surface area contributed by atoms with Crippen LogP contribution in [0, 0.1) is 5.82 Å². The van der Waals surface area contributed by atoms with E-state index in [0.717, 1.165) is 5.56 Å². The van der Waals surface area contributed by atoms with Gasteiger partial charge in [0.25, 0.3) is 0 Å². The topological polar surface area (TPSA) is 50.4 Å². The van der Waals surface area contributed by atoms with E-state index in [9.17, 15) is 9.18 Å². The van der Waals surface area contributed by atoms with E-state index in [1.165, 1.54) is 6.07 Å². The molecule has 1 unspecified atom stereocenters. The molecule has 0 fully saturated rings. The Bertz CT molecular complexity index is 477. The Labute approximate surface area is 112 Å². The SMILES string of the molecule is CCOCC(C)Nc1cc2c(cc1F)CCC(=O)N2. The fourth-order valence-electron chi connectivity index (χ4n) is 2.11. The minimum atomic E-state index is -0.293. The lowest BCUT2D eigenvalue weighted by molar-refractivity contribution is -0.116. The monoisotopic (exact) mass is 266 g/mol. The van der Waals surface area contributed by atoms with Gasteiger partial charge in [-0.3, -0.25) is 4.79 Å². The zero-order chi connectivity index (χ0) is 13.8. The molecular weight excluding hydrogens is 247 g/mol. The molecule has 2 rings (SSSR count). The maximum atomic E-state index is 13.9. The molecule has 0 aliphatic carbocycles. The average Bonchev–Trinajstić information content (AvgIpc) is 2.38. The van der Waals surface area contributed by atoms with Gasteiger partial charge in [-0.1, -0.05) is 0 Å². The van der Waals surface area contributed by atoms with Crippen LogP contribution in [0.5, 0.6) is 0 Å². The molecule has 5 heteroatoms. The Balaban J connectivity index is 2.12.